The van der Waals surface area contributed by atoms with Crippen LogP contribution in [0.2, 0.25) is 0 Å². The highest BCUT2D eigenvalue weighted by molar-refractivity contribution is 6.13. The minimum Gasteiger partial charge on any atom is -0.444 e. The molecule has 0 aromatic carbocycles. The molecule has 7 nitrogen and oxygen atoms in total. The SMILES string of the molecule is CN1CCC(N)=C(C=NC/C(=C/F)CNC(=O)OC(C)(C)C)C1=O. The van der Waals surface area contributed by atoms with E-state index in [2.05, 4.69) is 10.3 Å². The van der Waals surface area contributed by atoms with Crippen molar-refractivity contribution in [1.82, 2.24) is 10.2 Å². The molecule has 0 aromatic heterocycles. The fraction of sp³-hybridized carbons (Fsp3) is 0.562. The first-order valence-electron chi connectivity index (χ1n) is 7.63. The minimum atomic E-state index is -0.637. The molecular weight excluding hydrogens is 315 g/mol. The van der Waals surface area contributed by atoms with Crippen molar-refractivity contribution in [2.24, 2.45) is 10.7 Å². The van der Waals surface area contributed by atoms with Gasteiger partial charge in [0.05, 0.1) is 18.4 Å². The number of carbonyl (C=O) groups is 2. The van der Waals surface area contributed by atoms with Gasteiger partial charge >= 0.3 is 6.09 Å². The number of carbonyl (C=O) groups excluding carboxylic acids is 2. The summed E-state index contributed by atoms with van der Waals surface area (Å²) >= 11 is 0. The summed E-state index contributed by atoms with van der Waals surface area (Å²) in [6, 6.07) is 0. The van der Waals surface area contributed by atoms with Gasteiger partial charge in [-0.2, -0.15) is 0 Å². The lowest BCUT2D eigenvalue weighted by atomic mass is 10.1. The zero-order chi connectivity index (χ0) is 18.3. The minimum absolute atomic E-state index is 0.0000716. The van der Waals surface area contributed by atoms with Crippen molar-refractivity contribution < 1.29 is 18.7 Å². The lowest BCUT2D eigenvalue weighted by Gasteiger charge is -2.23. The molecule has 0 bridgehead atoms. The van der Waals surface area contributed by atoms with E-state index in [1.165, 1.54) is 6.21 Å². The highest BCUT2D eigenvalue weighted by atomic mass is 19.1. The number of nitrogens with one attached hydrogen (secondary N) is 1. The average molecular weight is 340 g/mol. The van der Waals surface area contributed by atoms with Crippen molar-refractivity contribution in [3.8, 4) is 0 Å². The molecule has 1 aliphatic heterocycles. The number of alkyl carbamates (subject to hydrolysis) is 1. The fourth-order valence-corrected chi connectivity index (χ4v) is 1.89. The quantitative estimate of drug-likeness (QED) is 0.741. The van der Waals surface area contributed by atoms with Crippen LogP contribution in [0, 0.1) is 0 Å². The molecule has 0 fully saturated rings. The monoisotopic (exact) mass is 340 g/mol. The van der Waals surface area contributed by atoms with E-state index in [0.29, 0.717) is 30.6 Å². The number of nitrogens with zero attached hydrogens (tertiary/aromatic N) is 2. The van der Waals surface area contributed by atoms with Gasteiger partial charge in [-0.05, 0) is 26.3 Å². The molecular formula is C16H25FN4O3. The number of hydrogen-bond donors (Lipinski definition) is 2. The third-order valence-corrected chi connectivity index (χ3v) is 3.17. The lowest BCUT2D eigenvalue weighted by molar-refractivity contribution is -0.125. The van der Waals surface area contributed by atoms with Gasteiger partial charge in [0.15, 0.2) is 0 Å². The van der Waals surface area contributed by atoms with E-state index in [1.54, 1.807) is 32.7 Å². The third-order valence-electron chi connectivity index (χ3n) is 3.17. The summed E-state index contributed by atoms with van der Waals surface area (Å²) < 4.78 is 17.9. The van der Waals surface area contributed by atoms with Crippen LogP contribution < -0.4 is 11.1 Å². The van der Waals surface area contributed by atoms with Gasteiger partial charge in [0, 0.05) is 38.5 Å². The Morgan fingerprint density at radius 1 is 1.50 bits per heavy atom. The summed E-state index contributed by atoms with van der Waals surface area (Å²) in [4.78, 5) is 29.1. The van der Waals surface area contributed by atoms with Crippen LogP contribution in [-0.4, -0.2) is 55.4 Å². The van der Waals surface area contributed by atoms with E-state index < -0.39 is 11.7 Å². The molecule has 1 heterocycles. The normalized spacial score (nSPS) is 16.8. The Balaban J connectivity index is 2.55. The summed E-state index contributed by atoms with van der Waals surface area (Å²) in [5.74, 6) is -0.208. The van der Waals surface area contributed by atoms with Gasteiger partial charge in [0.25, 0.3) is 5.91 Å². The highest BCUT2D eigenvalue weighted by Gasteiger charge is 2.21. The molecule has 0 saturated carbocycles. The van der Waals surface area contributed by atoms with Crippen LogP contribution in [0.3, 0.4) is 0 Å². The fourth-order valence-electron chi connectivity index (χ4n) is 1.89. The van der Waals surface area contributed by atoms with Crippen LogP contribution in [0.1, 0.15) is 27.2 Å². The first-order chi connectivity index (χ1) is 11.1. The molecule has 1 rings (SSSR count). The Kier molecular flexibility index (Phi) is 6.94. The molecule has 134 valence electrons. The first-order valence-corrected chi connectivity index (χ1v) is 7.63. The third kappa shape index (κ3) is 6.39. The van der Waals surface area contributed by atoms with Gasteiger partial charge in [-0.15, -0.1) is 0 Å². The number of halogens is 1. The summed E-state index contributed by atoms with van der Waals surface area (Å²) in [6.07, 6.45) is 1.67. The van der Waals surface area contributed by atoms with E-state index >= 15 is 0 Å². The predicted molar refractivity (Wildman–Crippen MR) is 90.3 cm³/mol. The van der Waals surface area contributed by atoms with Gasteiger partial charge in [-0.1, -0.05) is 0 Å². The highest BCUT2D eigenvalue weighted by Crippen LogP contribution is 2.12. The molecule has 0 saturated heterocycles. The molecule has 0 atom stereocenters. The van der Waals surface area contributed by atoms with Crippen molar-refractivity contribution in [1.29, 1.82) is 0 Å². The zero-order valence-electron chi connectivity index (χ0n) is 14.6. The number of ether oxygens (including phenoxy) is 1. The number of hydrogen-bond acceptors (Lipinski definition) is 5. The smallest absolute Gasteiger partial charge is 0.407 e. The topological polar surface area (TPSA) is 97.0 Å². The van der Waals surface area contributed by atoms with Crippen molar-refractivity contribution in [2.75, 3.05) is 26.7 Å². The molecule has 3 N–H and O–H groups in total. The molecule has 0 aromatic rings. The van der Waals surface area contributed by atoms with Crippen molar-refractivity contribution >= 4 is 18.2 Å². The van der Waals surface area contributed by atoms with E-state index in [0.717, 1.165) is 0 Å². The maximum absolute atomic E-state index is 12.9. The Morgan fingerprint density at radius 2 is 2.17 bits per heavy atom. The molecule has 0 unspecified atom stereocenters. The van der Waals surface area contributed by atoms with Crippen molar-refractivity contribution in [3.05, 3.63) is 23.2 Å². The number of rotatable bonds is 5. The number of likely N-dealkylation sites (N-methyl/N-ethyl adjacent to an activating group) is 1. The van der Waals surface area contributed by atoms with Gasteiger partial charge in [-0.25, -0.2) is 9.18 Å². The van der Waals surface area contributed by atoms with Crippen LogP contribution >= 0.6 is 0 Å². The Hall–Kier alpha value is -2.38. The Bertz CT molecular complexity index is 576. The molecule has 2 amide bonds. The summed E-state index contributed by atoms with van der Waals surface area (Å²) in [5.41, 5.74) is 6.23. The molecule has 0 radical (unpaired) electrons. The Labute approximate surface area is 141 Å². The van der Waals surface area contributed by atoms with Crippen LogP contribution in [0.4, 0.5) is 9.18 Å². The number of amides is 2. The van der Waals surface area contributed by atoms with Gasteiger partial charge in [0.2, 0.25) is 0 Å². The second-order valence-corrected chi connectivity index (χ2v) is 6.51. The van der Waals surface area contributed by atoms with Crippen LogP contribution in [0.15, 0.2) is 28.2 Å². The maximum atomic E-state index is 12.9. The maximum Gasteiger partial charge on any atom is 0.407 e. The van der Waals surface area contributed by atoms with Gasteiger partial charge < -0.3 is 20.7 Å². The lowest BCUT2D eigenvalue weighted by Crippen LogP contribution is -2.36. The molecule has 0 spiro atoms. The van der Waals surface area contributed by atoms with Gasteiger partial charge in [0.1, 0.15) is 5.60 Å². The Morgan fingerprint density at radius 3 is 2.75 bits per heavy atom. The first kappa shape index (κ1) is 19.7. The van der Waals surface area contributed by atoms with Crippen molar-refractivity contribution in [2.45, 2.75) is 32.8 Å². The van der Waals surface area contributed by atoms with Crippen molar-refractivity contribution in [3.63, 3.8) is 0 Å². The van der Waals surface area contributed by atoms with E-state index in [1.807, 2.05) is 0 Å². The van der Waals surface area contributed by atoms with Crippen LogP contribution in [0.5, 0.6) is 0 Å². The second-order valence-electron chi connectivity index (χ2n) is 6.51. The van der Waals surface area contributed by atoms with Crippen LogP contribution in [-0.2, 0) is 9.53 Å². The van der Waals surface area contributed by atoms with Crippen LogP contribution in [0.25, 0.3) is 0 Å². The predicted octanol–water partition coefficient (Wildman–Crippen LogP) is 1.51. The molecule has 1 aliphatic rings. The van der Waals surface area contributed by atoms with E-state index in [4.69, 9.17) is 10.5 Å². The zero-order valence-corrected chi connectivity index (χ0v) is 14.6. The van der Waals surface area contributed by atoms with E-state index in [9.17, 15) is 14.0 Å². The summed E-state index contributed by atoms with van der Waals surface area (Å²) in [6.45, 7) is 5.74. The second kappa shape index (κ2) is 8.47. The largest absolute Gasteiger partial charge is 0.444 e. The summed E-state index contributed by atoms with van der Waals surface area (Å²) in [7, 11) is 1.68. The summed E-state index contributed by atoms with van der Waals surface area (Å²) in [5, 5.41) is 2.45. The molecule has 0 aliphatic carbocycles. The van der Waals surface area contributed by atoms with E-state index in [-0.39, 0.29) is 24.6 Å². The molecule has 24 heavy (non-hydrogen) atoms. The number of nitrogens with two attached hydrogens (primary N) is 1. The molecule has 8 heteroatoms. The number of aliphatic imine (C=N–C) groups is 1. The average Bonchev–Trinajstić information content (AvgIpc) is 2.48. The van der Waals surface area contributed by atoms with Gasteiger partial charge in [-0.3, -0.25) is 9.79 Å². The standard InChI is InChI=1S/C16H25FN4O3/c1-16(2,3)24-15(23)20-9-11(7-17)8-19-10-12-13(18)5-6-21(4)14(12)22/h7,10H,5-6,8-9,18H2,1-4H3,(H,20,23)/b11-7-,19-10?.